The van der Waals surface area contributed by atoms with Crippen molar-refractivity contribution in [3.63, 3.8) is 0 Å². The van der Waals surface area contributed by atoms with Crippen molar-refractivity contribution in [1.82, 2.24) is 4.98 Å². The number of thiazole rings is 1. The number of non-ortho nitro benzene ring substituents is 1. The highest BCUT2D eigenvalue weighted by Crippen LogP contribution is 2.35. The van der Waals surface area contributed by atoms with Gasteiger partial charge < -0.3 is 5.32 Å². The third-order valence-electron chi connectivity index (χ3n) is 3.05. The molecule has 0 bridgehead atoms. The van der Waals surface area contributed by atoms with Crippen LogP contribution in [0.15, 0.2) is 42.5 Å². The highest BCUT2D eigenvalue weighted by molar-refractivity contribution is 7.22. The van der Waals surface area contributed by atoms with E-state index in [0.29, 0.717) is 21.0 Å². The molecule has 1 aromatic heterocycles. The molecule has 3 aromatic rings. The van der Waals surface area contributed by atoms with Crippen molar-refractivity contribution in [3.8, 4) is 0 Å². The molecule has 0 aliphatic rings. The van der Waals surface area contributed by atoms with Gasteiger partial charge in [-0.2, -0.15) is 13.2 Å². The van der Waals surface area contributed by atoms with Gasteiger partial charge in [0, 0.05) is 17.8 Å². The van der Waals surface area contributed by atoms with Crippen molar-refractivity contribution < 1.29 is 18.1 Å². The Hall–Kier alpha value is -2.68. The fraction of sp³-hybridized carbons (Fsp3) is 0.0714. The molecule has 0 aliphatic carbocycles. The van der Waals surface area contributed by atoms with Crippen LogP contribution in [0.25, 0.3) is 10.2 Å². The highest BCUT2D eigenvalue weighted by Gasteiger charge is 2.30. The number of nitrogens with zero attached hydrogens (tertiary/aromatic N) is 2. The molecule has 0 radical (unpaired) electrons. The predicted octanol–water partition coefficient (Wildman–Crippen LogP) is 4.97. The first-order valence-corrected chi connectivity index (χ1v) is 7.14. The Kier molecular flexibility index (Phi) is 3.64. The van der Waals surface area contributed by atoms with Gasteiger partial charge in [-0.3, -0.25) is 10.1 Å². The van der Waals surface area contributed by atoms with Crippen LogP contribution in [0.5, 0.6) is 0 Å². The summed E-state index contributed by atoms with van der Waals surface area (Å²) in [5.41, 5.74) is 0.239. The average Bonchev–Trinajstić information content (AvgIpc) is 2.88. The molecule has 0 aliphatic heterocycles. The molecular formula is C14H8F3N3O2S. The summed E-state index contributed by atoms with van der Waals surface area (Å²) in [6.45, 7) is 0. The number of alkyl halides is 3. The molecule has 1 heterocycles. The van der Waals surface area contributed by atoms with Crippen LogP contribution in [0, 0.1) is 10.1 Å². The van der Waals surface area contributed by atoms with Crippen LogP contribution in [0.2, 0.25) is 0 Å². The van der Waals surface area contributed by atoms with Gasteiger partial charge in [0.1, 0.15) is 0 Å². The summed E-state index contributed by atoms with van der Waals surface area (Å²) in [5.74, 6) is 0. The second kappa shape index (κ2) is 5.51. The quantitative estimate of drug-likeness (QED) is 0.540. The minimum atomic E-state index is -4.40. The van der Waals surface area contributed by atoms with Gasteiger partial charge in [-0.05, 0) is 30.3 Å². The Bertz CT molecular complexity index is 875. The molecule has 23 heavy (non-hydrogen) atoms. The van der Waals surface area contributed by atoms with Gasteiger partial charge in [0.05, 0.1) is 20.7 Å². The number of hydrogen-bond acceptors (Lipinski definition) is 5. The van der Waals surface area contributed by atoms with Crippen LogP contribution in [0.3, 0.4) is 0 Å². The number of halogens is 3. The van der Waals surface area contributed by atoms with E-state index in [1.54, 1.807) is 0 Å². The number of benzene rings is 2. The molecule has 0 atom stereocenters. The van der Waals surface area contributed by atoms with Crippen molar-refractivity contribution in [1.29, 1.82) is 0 Å². The summed E-state index contributed by atoms with van der Waals surface area (Å²) < 4.78 is 38.5. The molecule has 0 saturated carbocycles. The third-order valence-corrected chi connectivity index (χ3v) is 3.98. The maximum Gasteiger partial charge on any atom is 0.416 e. The van der Waals surface area contributed by atoms with Crippen molar-refractivity contribution in [2.45, 2.75) is 6.18 Å². The third kappa shape index (κ3) is 3.24. The predicted molar refractivity (Wildman–Crippen MR) is 81.0 cm³/mol. The lowest BCUT2D eigenvalue weighted by atomic mass is 10.2. The second-order valence-corrected chi connectivity index (χ2v) is 5.66. The first-order valence-electron chi connectivity index (χ1n) is 6.32. The Morgan fingerprint density at radius 3 is 2.43 bits per heavy atom. The summed E-state index contributed by atoms with van der Waals surface area (Å²) in [4.78, 5) is 14.3. The Balaban J connectivity index is 1.87. The first kappa shape index (κ1) is 15.2. The fourth-order valence-electron chi connectivity index (χ4n) is 1.94. The Labute approximate surface area is 131 Å². The van der Waals surface area contributed by atoms with E-state index in [1.165, 1.54) is 30.3 Å². The molecule has 0 amide bonds. The fourth-order valence-corrected chi connectivity index (χ4v) is 2.87. The lowest BCUT2D eigenvalue weighted by Gasteiger charge is -2.04. The standard InChI is InChI=1S/C14H8F3N3O2S/c15-14(16,17)8-1-6-11-12(7-8)23-13(19-11)18-9-2-4-10(5-3-9)20(21)22/h1-7H,(H,18,19). The number of hydrogen-bond donors (Lipinski definition) is 1. The zero-order valence-electron chi connectivity index (χ0n) is 11.3. The summed E-state index contributed by atoms with van der Waals surface area (Å²) in [5, 5.41) is 13.9. The van der Waals surface area contributed by atoms with E-state index in [-0.39, 0.29) is 5.69 Å². The van der Waals surface area contributed by atoms with Crippen LogP contribution in [0.4, 0.5) is 29.7 Å². The second-order valence-electron chi connectivity index (χ2n) is 4.63. The van der Waals surface area contributed by atoms with Crippen molar-refractivity contribution in [3.05, 3.63) is 58.1 Å². The molecule has 0 unspecified atom stereocenters. The van der Waals surface area contributed by atoms with Gasteiger partial charge in [-0.15, -0.1) is 0 Å². The summed E-state index contributed by atoms with van der Waals surface area (Å²) >= 11 is 1.08. The van der Waals surface area contributed by atoms with E-state index in [1.807, 2.05) is 0 Å². The Morgan fingerprint density at radius 2 is 1.83 bits per heavy atom. The van der Waals surface area contributed by atoms with Crippen LogP contribution in [0.1, 0.15) is 5.56 Å². The van der Waals surface area contributed by atoms with Crippen LogP contribution >= 0.6 is 11.3 Å². The van der Waals surface area contributed by atoms with E-state index < -0.39 is 16.7 Å². The minimum Gasteiger partial charge on any atom is -0.332 e. The molecule has 0 saturated heterocycles. The van der Waals surface area contributed by atoms with Gasteiger partial charge in [-0.1, -0.05) is 11.3 Å². The van der Waals surface area contributed by atoms with Gasteiger partial charge in [0.25, 0.3) is 5.69 Å². The van der Waals surface area contributed by atoms with Crippen LogP contribution in [-0.4, -0.2) is 9.91 Å². The number of aromatic nitrogens is 1. The minimum absolute atomic E-state index is 0.0466. The molecule has 5 nitrogen and oxygen atoms in total. The van der Waals surface area contributed by atoms with Crippen LogP contribution in [-0.2, 0) is 6.18 Å². The largest absolute Gasteiger partial charge is 0.416 e. The number of nitro groups is 1. The molecular weight excluding hydrogens is 331 g/mol. The monoisotopic (exact) mass is 339 g/mol. The average molecular weight is 339 g/mol. The lowest BCUT2D eigenvalue weighted by molar-refractivity contribution is -0.384. The van der Waals surface area contributed by atoms with Gasteiger partial charge in [0.15, 0.2) is 5.13 Å². The maximum atomic E-state index is 12.7. The van der Waals surface area contributed by atoms with Gasteiger partial charge >= 0.3 is 6.18 Å². The number of fused-ring (bicyclic) bond motifs is 1. The normalized spacial score (nSPS) is 11.6. The number of rotatable bonds is 3. The van der Waals surface area contributed by atoms with Gasteiger partial charge in [0.2, 0.25) is 0 Å². The molecule has 118 valence electrons. The molecule has 1 N–H and O–H groups in total. The number of nitro benzene ring substituents is 1. The van der Waals surface area contributed by atoms with Crippen molar-refractivity contribution in [2.75, 3.05) is 5.32 Å². The zero-order chi connectivity index (χ0) is 16.6. The van der Waals surface area contributed by atoms with Crippen molar-refractivity contribution in [2.24, 2.45) is 0 Å². The van der Waals surface area contributed by atoms with E-state index in [0.717, 1.165) is 23.5 Å². The maximum absolute atomic E-state index is 12.7. The summed E-state index contributed by atoms with van der Waals surface area (Å²) in [6, 6.07) is 9.02. The SMILES string of the molecule is O=[N+]([O-])c1ccc(Nc2nc3ccc(C(F)(F)F)cc3s2)cc1. The van der Waals surface area contributed by atoms with Crippen LogP contribution < -0.4 is 5.32 Å². The molecule has 0 fully saturated rings. The first-order chi connectivity index (χ1) is 10.8. The molecule has 9 heteroatoms. The topological polar surface area (TPSA) is 68.1 Å². The van der Waals surface area contributed by atoms with Crippen molar-refractivity contribution >= 4 is 38.1 Å². The Morgan fingerprint density at radius 1 is 1.13 bits per heavy atom. The van der Waals surface area contributed by atoms with E-state index in [2.05, 4.69) is 10.3 Å². The number of anilines is 2. The van der Waals surface area contributed by atoms with E-state index in [4.69, 9.17) is 0 Å². The molecule has 0 spiro atoms. The molecule has 2 aromatic carbocycles. The summed E-state index contributed by atoms with van der Waals surface area (Å²) in [6.07, 6.45) is -4.40. The van der Waals surface area contributed by atoms with E-state index >= 15 is 0 Å². The summed E-state index contributed by atoms with van der Waals surface area (Å²) in [7, 11) is 0. The zero-order valence-corrected chi connectivity index (χ0v) is 12.1. The number of nitrogens with one attached hydrogen (secondary N) is 1. The lowest BCUT2D eigenvalue weighted by Crippen LogP contribution is -2.03. The van der Waals surface area contributed by atoms with E-state index in [9.17, 15) is 23.3 Å². The molecule has 3 rings (SSSR count). The van der Waals surface area contributed by atoms with Gasteiger partial charge in [-0.25, -0.2) is 4.98 Å². The highest BCUT2D eigenvalue weighted by atomic mass is 32.1. The smallest absolute Gasteiger partial charge is 0.332 e.